The normalized spacial score (nSPS) is 14.0. The summed E-state index contributed by atoms with van der Waals surface area (Å²) in [5.74, 6) is 0. The van der Waals surface area contributed by atoms with E-state index in [4.69, 9.17) is 0 Å². The van der Waals surface area contributed by atoms with Crippen LogP contribution in [0, 0.1) is 5.41 Å². The van der Waals surface area contributed by atoms with Crippen molar-refractivity contribution >= 4 is 0 Å². The fourth-order valence-electron chi connectivity index (χ4n) is 2.24. The molecule has 1 heterocycles. The van der Waals surface area contributed by atoms with Crippen molar-refractivity contribution in [2.24, 2.45) is 12.5 Å². The van der Waals surface area contributed by atoms with Crippen LogP contribution in [-0.2, 0) is 13.5 Å². The summed E-state index contributed by atoms with van der Waals surface area (Å²) in [6.45, 7) is 12.3. The van der Waals surface area contributed by atoms with Gasteiger partial charge in [0.1, 0.15) is 0 Å². The molecule has 0 bridgehead atoms. The molecule has 0 aliphatic carbocycles. The predicted molar refractivity (Wildman–Crippen MR) is 73.1 cm³/mol. The van der Waals surface area contributed by atoms with Crippen molar-refractivity contribution in [3.05, 3.63) is 17.5 Å². The van der Waals surface area contributed by atoms with E-state index in [1.807, 2.05) is 11.7 Å². The van der Waals surface area contributed by atoms with Crippen molar-refractivity contribution in [1.29, 1.82) is 0 Å². The van der Waals surface area contributed by atoms with E-state index >= 15 is 0 Å². The van der Waals surface area contributed by atoms with Gasteiger partial charge in [0.05, 0.1) is 5.69 Å². The van der Waals surface area contributed by atoms with Crippen LogP contribution in [0.2, 0.25) is 0 Å². The van der Waals surface area contributed by atoms with Crippen LogP contribution in [-0.4, -0.2) is 16.3 Å². The number of aromatic nitrogens is 2. The first-order valence-corrected chi connectivity index (χ1v) is 6.66. The van der Waals surface area contributed by atoms with E-state index < -0.39 is 0 Å². The quantitative estimate of drug-likeness (QED) is 0.853. The number of hydrogen-bond donors (Lipinski definition) is 1. The lowest BCUT2D eigenvalue weighted by atomic mass is 9.82. The van der Waals surface area contributed by atoms with Crippen LogP contribution in [0.15, 0.2) is 6.20 Å². The highest BCUT2D eigenvalue weighted by atomic mass is 15.3. The Balaban J connectivity index is 3.03. The molecule has 3 nitrogen and oxygen atoms in total. The Hall–Kier alpha value is -0.830. The Kier molecular flexibility index (Phi) is 4.75. The minimum absolute atomic E-state index is 0.210. The van der Waals surface area contributed by atoms with Gasteiger partial charge in [-0.2, -0.15) is 5.10 Å². The maximum absolute atomic E-state index is 4.55. The molecule has 0 aliphatic rings. The minimum atomic E-state index is 0.210. The lowest BCUT2D eigenvalue weighted by Gasteiger charge is -2.31. The molecule has 0 amide bonds. The standard InChI is InChI=1S/C14H27N3/c1-7-9-15-13(14(3,4)5)11-10-17(6)16-12(11)8-2/h10,13,15H,7-9H2,1-6H3. The first kappa shape index (κ1) is 14.2. The molecule has 0 spiro atoms. The van der Waals surface area contributed by atoms with Gasteiger partial charge in [-0.1, -0.05) is 34.6 Å². The topological polar surface area (TPSA) is 29.9 Å². The van der Waals surface area contributed by atoms with E-state index in [2.05, 4.69) is 51.2 Å². The third-order valence-electron chi connectivity index (χ3n) is 3.05. The molecule has 17 heavy (non-hydrogen) atoms. The number of aryl methyl sites for hydroxylation is 2. The van der Waals surface area contributed by atoms with E-state index in [1.54, 1.807) is 0 Å². The van der Waals surface area contributed by atoms with Crippen LogP contribution in [0.5, 0.6) is 0 Å². The average molecular weight is 237 g/mol. The van der Waals surface area contributed by atoms with Gasteiger partial charge in [-0.25, -0.2) is 0 Å². The van der Waals surface area contributed by atoms with Crippen LogP contribution < -0.4 is 5.32 Å². The highest BCUT2D eigenvalue weighted by Gasteiger charge is 2.28. The van der Waals surface area contributed by atoms with E-state index in [0.29, 0.717) is 6.04 Å². The van der Waals surface area contributed by atoms with E-state index in [0.717, 1.165) is 19.4 Å². The zero-order valence-corrected chi connectivity index (χ0v) is 12.2. The number of nitrogens with one attached hydrogen (secondary N) is 1. The van der Waals surface area contributed by atoms with E-state index in [-0.39, 0.29) is 5.41 Å². The van der Waals surface area contributed by atoms with Crippen LogP contribution in [0.25, 0.3) is 0 Å². The zero-order chi connectivity index (χ0) is 13.1. The van der Waals surface area contributed by atoms with Crippen LogP contribution in [0.3, 0.4) is 0 Å². The summed E-state index contributed by atoms with van der Waals surface area (Å²) in [7, 11) is 2.00. The molecule has 0 radical (unpaired) electrons. The zero-order valence-electron chi connectivity index (χ0n) is 12.2. The highest BCUT2D eigenvalue weighted by molar-refractivity contribution is 5.23. The second kappa shape index (κ2) is 5.67. The van der Waals surface area contributed by atoms with Gasteiger partial charge in [0.25, 0.3) is 0 Å². The Morgan fingerprint density at radius 1 is 1.35 bits per heavy atom. The Morgan fingerprint density at radius 3 is 2.47 bits per heavy atom. The molecule has 3 heteroatoms. The highest BCUT2D eigenvalue weighted by Crippen LogP contribution is 2.34. The van der Waals surface area contributed by atoms with Gasteiger partial charge >= 0.3 is 0 Å². The molecule has 0 aliphatic heterocycles. The molecule has 1 rings (SSSR count). The lowest BCUT2D eigenvalue weighted by Crippen LogP contribution is -2.33. The van der Waals surface area contributed by atoms with Gasteiger partial charge in [0.15, 0.2) is 0 Å². The molecule has 1 unspecified atom stereocenters. The van der Waals surface area contributed by atoms with Crippen LogP contribution in [0.4, 0.5) is 0 Å². The molecule has 98 valence electrons. The minimum Gasteiger partial charge on any atom is -0.309 e. The largest absolute Gasteiger partial charge is 0.309 e. The first-order valence-electron chi connectivity index (χ1n) is 6.66. The Bertz CT molecular complexity index is 347. The average Bonchev–Trinajstić information content (AvgIpc) is 2.58. The Morgan fingerprint density at radius 2 is 2.00 bits per heavy atom. The van der Waals surface area contributed by atoms with Crippen molar-refractivity contribution in [2.45, 2.75) is 53.5 Å². The van der Waals surface area contributed by atoms with E-state index in [1.165, 1.54) is 11.3 Å². The maximum Gasteiger partial charge on any atom is 0.0669 e. The van der Waals surface area contributed by atoms with Crippen molar-refractivity contribution in [2.75, 3.05) is 6.54 Å². The van der Waals surface area contributed by atoms with Gasteiger partial charge in [-0.15, -0.1) is 0 Å². The molecule has 0 saturated heterocycles. The number of rotatable bonds is 5. The van der Waals surface area contributed by atoms with Gasteiger partial charge in [0.2, 0.25) is 0 Å². The summed E-state index contributed by atoms with van der Waals surface area (Å²) in [5, 5.41) is 8.21. The number of hydrogen-bond acceptors (Lipinski definition) is 2. The van der Waals surface area contributed by atoms with Crippen molar-refractivity contribution in [3.63, 3.8) is 0 Å². The fourth-order valence-corrected chi connectivity index (χ4v) is 2.24. The van der Waals surface area contributed by atoms with Gasteiger partial charge in [-0.05, 0) is 24.8 Å². The van der Waals surface area contributed by atoms with Gasteiger partial charge in [0, 0.05) is 24.8 Å². The molecule has 1 N–H and O–H groups in total. The van der Waals surface area contributed by atoms with Crippen molar-refractivity contribution in [3.8, 4) is 0 Å². The summed E-state index contributed by atoms with van der Waals surface area (Å²) >= 11 is 0. The summed E-state index contributed by atoms with van der Waals surface area (Å²) in [6.07, 6.45) is 4.32. The molecule has 1 aromatic heterocycles. The summed E-state index contributed by atoms with van der Waals surface area (Å²) in [4.78, 5) is 0. The summed E-state index contributed by atoms with van der Waals surface area (Å²) in [5.41, 5.74) is 2.79. The molecule has 1 atom stereocenters. The van der Waals surface area contributed by atoms with Gasteiger partial charge < -0.3 is 5.32 Å². The second-order valence-electron chi connectivity index (χ2n) is 5.81. The first-order chi connectivity index (χ1) is 7.90. The number of nitrogens with zero attached hydrogens (tertiary/aromatic N) is 2. The third kappa shape index (κ3) is 3.56. The molecule has 1 aromatic rings. The summed E-state index contributed by atoms with van der Waals surface area (Å²) < 4.78 is 1.93. The predicted octanol–water partition coefficient (Wildman–Crippen LogP) is 3.07. The van der Waals surface area contributed by atoms with Crippen LogP contribution >= 0.6 is 0 Å². The lowest BCUT2D eigenvalue weighted by molar-refractivity contribution is 0.272. The van der Waals surface area contributed by atoms with Crippen molar-refractivity contribution in [1.82, 2.24) is 15.1 Å². The molecule has 0 aromatic carbocycles. The monoisotopic (exact) mass is 237 g/mol. The SMILES string of the molecule is CCCNC(c1cn(C)nc1CC)C(C)(C)C. The second-order valence-corrected chi connectivity index (χ2v) is 5.81. The van der Waals surface area contributed by atoms with Crippen molar-refractivity contribution < 1.29 is 0 Å². The molecular formula is C14H27N3. The fraction of sp³-hybridized carbons (Fsp3) is 0.786. The van der Waals surface area contributed by atoms with Crippen LogP contribution in [0.1, 0.15) is 58.3 Å². The van der Waals surface area contributed by atoms with E-state index in [9.17, 15) is 0 Å². The Labute approximate surface area is 106 Å². The maximum atomic E-state index is 4.55. The summed E-state index contributed by atoms with van der Waals surface area (Å²) in [6, 6.07) is 0.381. The smallest absolute Gasteiger partial charge is 0.0669 e. The molecule has 0 fully saturated rings. The molecule has 0 saturated carbocycles. The van der Waals surface area contributed by atoms with Gasteiger partial charge in [-0.3, -0.25) is 4.68 Å². The third-order valence-corrected chi connectivity index (χ3v) is 3.05. The molecular weight excluding hydrogens is 210 g/mol.